The van der Waals surface area contributed by atoms with Crippen molar-refractivity contribution in [3.05, 3.63) is 151 Å². The molecule has 4 aromatic carbocycles. The molecule has 6 nitrogen and oxygen atoms in total. The molecule has 1 unspecified atom stereocenters. The molecule has 0 saturated heterocycles. The van der Waals surface area contributed by atoms with Gasteiger partial charge in [-0.25, -0.2) is 4.99 Å². The molecule has 2 heterocycles. The number of anilines is 2. The van der Waals surface area contributed by atoms with Gasteiger partial charge in [0.05, 0.1) is 25.6 Å². The monoisotopic (exact) mass is 592 g/mol. The van der Waals surface area contributed by atoms with E-state index in [9.17, 15) is 0 Å². The number of nitrogens with zero attached hydrogens (tertiary/aromatic N) is 2. The summed E-state index contributed by atoms with van der Waals surface area (Å²) < 4.78 is 10.9. The SMILES string of the molecule is C=C(CCc1ccccc1)c1ccc(NC(=C)c2cccc(C3=CC4C=CN=C4C(Nc4ccc(OC)c(OC)c4)=N3)c2)cc1. The first kappa shape index (κ1) is 29.5. The van der Waals surface area contributed by atoms with Crippen LogP contribution in [-0.2, 0) is 6.42 Å². The van der Waals surface area contributed by atoms with Crippen molar-refractivity contribution in [2.75, 3.05) is 24.9 Å². The van der Waals surface area contributed by atoms with E-state index in [1.807, 2.05) is 36.5 Å². The number of ether oxygens (including phenoxy) is 2. The molecule has 0 aliphatic carbocycles. The standard InChI is InChI=1S/C39H36N4O2/c1-26(13-14-28-9-6-5-7-10-28)29-15-17-33(18-16-29)41-27(2)30-11-8-12-31(23-30)35-24-32-21-22-40-38(32)39(43-35)42-34-19-20-36(44-3)37(25-34)45-4/h5-12,15-25,32,41H,1-2,13-14H2,3-4H3,(H,42,43). The minimum absolute atomic E-state index is 0.0334. The zero-order valence-corrected chi connectivity index (χ0v) is 25.6. The first-order chi connectivity index (χ1) is 22.0. The van der Waals surface area contributed by atoms with Crippen LogP contribution in [0.2, 0.25) is 0 Å². The normalized spacial score (nSPS) is 14.9. The fourth-order valence-corrected chi connectivity index (χ4v) is 5.42. The van der Waals surface area contributed by atoms with Crippen molar-refractivity contribution in [3.63, 3.8) is 0 Å². The lowest BCUT2D eigenvalue weighted by atomic mass is 9.96. The third-order valence-corrected chi connectivity index (χ3v) is 7.93. The quantitative estimate of drug-likeness (QED) is 0.183. The molecule has 0 fully saturated rings. The number of nitrogens with one attached hydrogen (secondary N) is 2. The summed E-state index contributed by atoms with van der Waals surface area (Å²) in [6, 6.07) is 32.8. The molecule has 4 aromatic rings. The molecule has 2 aliphatic rings. The number of amidine groups is 1. The van der Waals surface area contributed by atoms with Gasteiger partial charge >= 0.3 is 0 Å². The van der Waals surface area contributed by atoms with Crippen LogP contribution in [0.15, 0.2) is 139 Å². The van der Waals surface area contributed by atoms with Gasteiger partial charge in [0.25, 0.3) is 0 Å². The van der Waals surface area contributed by atoms with Crippen molar-refractivity contribution in [3.8, 4) is 11.5 Å². The molecular weight excluding hydrogens is 556 g/mol. The number of hydrogen-bond acceptors (Lipinski definition) is 6. The molecule has 0 saturated carbocycles. The van der Waals surface area contributed by atoms with Crippen LogP contribution in [0, 0.1) is 5.92 Å². The smallest absolute Gasteiger partial charge is 0.162 e. The molecule has 224 valence electrons. The van der Waals surface area contributed by atoms with Gasteiger partial charge in [-0.05, 0) is 71.5 Å². The highest BCUT2D eigenvalue weighted by Crippen LogP contribution is 2.33. The van der Waals surface area contributed by atoms with Crippen molar-refractivity contribution in [2.24, 2.45) is 15.9 Å². The van der Waals surface area contributed by atoms with E-state index in [1.54, 1.807) is 14.2 Å². The van der Waals surface area contributed by atoms with E-state index in [1.165, 1.54) is 5.56 Å². The molecule has 2 aliphatic heterocycles. The number of fused-ring (bicyclic) bond motifs is 1. The Bertz CT molecular complexity index is 1850. The predicted molar refractivity (Wildman–Crippen MR) is 188 cm³/mol. The second-order valence-electron chi connectivity index (χ2n) is 10.9. The highest BCUT2D eigenvalue weighted by atomic mass is 16.5. The second-order valence-corrected chi connectivity index (χ2v) is 10.9. The first-order valence-corrected chi connectivity index (χ1v) is 14.9. The maximum Gasteiger partial charge on any atom is 0.162 e. The summed E-state index contributed by atoms with van der Waals surface area (Å²) in [4.78, 5) is 9.58. The molecular formula is C39H36N4O2. The average Bonchev–Trinajstić information content (AvgIpc) is 3.57. The summed E-state index contributed by atoms with van der Waals surface area (Å²) in [6.07, 6.45) is 7.94. The number of aryl methyl sites for hydroxylation is 1. The van der Waals surface area contributed by atoms with Gasteiger partial charge in [0.15, 0.2) is 17.3 Å². The van der Waals surface area contributed by atoms with Gasteiger partial charge in [-0.2, -0.15) is 0 Å². The molecule has 6 heteroatoms. The van der Waals surface area contributed by atoms with Gasteiger partial charge < -0.3 is 20.1 Å². The number of methoxy groups -OCH3 is 2. The minimum Gasteiger partial charge on any atom is -0.493 e. The van der Waals surface area contributed by atoms with Crippen LogP contribution in [0.1, 0.15) is 28.7 Å². The molecule has 0 bridgehead atoms. The fraction of sp³-hybridized carbons (Fsp3) is 0.128. The van der Waals surface area contributed by atoms with Crippen molar-refractivity contribution in [1.82, 2.24) is 0 Å². The Morgan fingerprint density at radius 2 is 1.58 bits per heavy atom. The Morgan fingerprint density at radius 3 is 2.36 bits per heavy atom. The Morgan fingerprint density at radius 1 is 0.800 bits per heavy atom. The van der Waals surface area contributed by atoms with Gasteiger partial charge in [-0.3, -0.25) is 4.99 Å². The van der Waals surface area contributed by atoms with Crippen LogP contribution in [0.3, 0.4) is 0 Å². The second kappa shape index (κ2) is 13.3. The van der Waals surface area contributed by atoms with E-state index in [0.717, 1.165) is 63.6 Å². The van der Waals surface area contributed by atoms with E-state index < -0.39 is 0 Å². The molecule has 2 N–H and O–H groups in total. The topological polar surface area (TPSA) is 67.2 Å². The number of allylic oxidation sites excluding steroid dienone is 3. The third-order valence-electron chi connectivity index (χ3n) is 7.93. The number of rotatable bonds is 11. The van der Waals surface area contributed by atoms with Gasteiger partial charge in [-0.1, -0.05) is 79.9 Å². The van der Waals surface area contributed by atoms with Crippen LogP contribution in [0.4, 0.5) is 11.4 Å². The van der Waals surface area contributed by atoms with E-state index in [-0.39, 0.29) is 5.92 Å². The maximum atomic E-state index is 5.49. The van der Waals surface area contributed by atoms with Crippen LogP contribution in [-0.4, -0.2) is 25.8 Å². The Kier molecular flexibility index (Phi) is 8.74. The molecule has 0 radical (unpaired) electrons. The van der Waals surface area contributed by atoms with E-state index in [2.05, 4.69) is 108 Å². The summed E-state index contributed by atoms with van der Waals surface area (Å²) >= 11 is 0. The van der Waals surface area contributed by atoms with Gasteiger partial charge in [0.1, 0.15) is 0 Å². The number of hydrogen-bond donors (Lipinski definition) is 2. The third kappa shape index (κ3) is 6.81. The highest BCUT2D eigenvalue weighted by Gasteiger charge is 2.26. The highest BCUT2D eigenvalue weighted by molar-refractivity contribution is 6.49. The minimum atomic E-state index is 0.0334. The lowest BCUT2D eigenvalue weighted by Crippen LogP contribution is -2.29. The van der Waals surface area contributed by atoms with Crippen LogP contribution in [0.5, 0.6) is 11.5 Å². The fourth-order valence-electron chi connectivity index (χ4n) is 5.42. The lowest BCUT2D eigenvalue weighted by Gasteiger charge is -2.21. The van der Waals surface area contributed by atoms with Crippen molar-refractivity contribution < 1.29 is 9.47 Å². The molecule has 0 aromatic heterocycles. The molecule has 1 atom stereocenters. The summed E-state index contributed by atoms with van der Waals surface area (Å²) in [7, 11) is 3.24. The van der Waals surface area contributed by atoms with Crippen molar-refractivity contribution >= 4 is 39.9 Å². The number of benzene rings is 4. The summed E-state index contributed by atoms with van der Waals surface area (Å²) in [5.74, 6) is 2.03. The zero-order valence-electron chi connectivity index (χ0n) is 25.6. The summed E-state index contributed by atoms with van der Waals surface area (Å²) in [5, 5.41) is 6.91. The summed E-state index contributed by atoms with van der Waals surface area (Å²) in [5.41, 5.74) is 9.92. The zero-order chi connectivity index (χ0) is 31.2. The van der Waals surface area contributed by atoms with Crippen LogP contribution >= 0.6 is 0 Å². The average molecular weight is 593 g/mol. The number of aliphatic imine (C=N–C) groups is 2. The molecule has 6 rings (SSSR count). The first-order valence-electron chi connectivity index (χ1n) is 14.9. The van der Waals surface area contributed by atoms with Crippen molar-refractivity contribution in [1.29, 1.82) is 0 Å². The Hall–Kier alpha value is -5.62. The molecule has 0 spiro atoms. The maximum absolute atomic E-state index is 5.49. The predicted octanol–water partition coefficient (Wildman–Crippen LogP) is 8.88. The van der Waals surface area contributed by atoms with Crippen LogP contribution < -0.4 is 20.1 Å². The van der Waals surface area contributed by atoms with Crippen molar-refractivity contribution in [2.45, 2.75) is 12.8 Å². The lowest BCUT2D eigenvalue weighted by molar-refractivity contribution is 0.355. The van der Waals surface area contributed by atoms with Gasteiger partial charge in [0, 0.05) is 40.8 Å². The molecule has 0 amide bonds. The van der Waals surface area contributed by atoms with Gasteiger partial charge in [-0.15, -0.1) is 0 Å². The van der Waals surface area contributed by atoms with E-state index >= 15 is 0 Å². The van der Waals surface area contributed by atoms with Crippen LogP contribution in [0.25, 0.3) is 17.0 Å². The largest absolute Gasteiger partial charge is 0.493 e. The van der Waals surface area contributed by atoms with Gasteiger partial charge in [0.2, 0.25) is 0 Å². The molecule has 45 heavy (non-hydrogen) atoms. The summed E-state index contributed by atoms with van der Waals surface area (Å²) in [6.45, 7) is 8.65. The Labute approximate surface area is 264 Å². The Balaban J connectivity index is 1.15. The van der Waals surface area contributed by atoms with E-state index in [4.69, 9.17) is 14.5 Å². The van der Waals surface area contributed by atoms with E-state index in [0.29, 0.717) is 17.3 Å².